The van der Waals surface area contributed by atoms with Crippen molar-refractivity contribution in [2.24, 2.45) is 0 Å². The Hall–Kier alpha value is -1.69. The summed E-state index contributed by atoms with van der Waals surface area (Å²) in [7, 11) is 3.24. The second-order valence-corrected chi connectivity index (χ2v) is 8.39. The van der Waals surface area contributed by atoms with E-state index in [1.807, 2.05) is 0 Å². The van der Waals surface area contributed by atoms with Crippen molar-refractivity contribution in [3.63, 3.8) is 0 Å². The molecule has 10 nitrogen and oxygen atoms in total. The number of methoxy groups -OCH3 is 2. The zero-order valence-corrected chi connectivity index (χ0v) is 19.6. The lowest BCUT2D eigenvalue weighted by atomic mass is 10.0. The number of nitrogen functional groups attached to an aromatic ring is 1. The van der Waals surface area contributed by atoms with E-state index >= 15 is 0 Å². The highest BCUT2D eigenvalue weighted by Gasteiger charge is 2.30. The summed E-state index contributed by atoms with van der Waals surface area (Å²) in [5.41, 5.74) is 6.58. The first-order chi connectivity index (χ1) is 15.5. The summed E-state index contributed by atoms with van der Waals surface area (Å²) >= 11 is 6.11. The molecular formula is C21H34ClN5O5. The molecular weight excluding hydrogens is 438 g/mol. The second-order valence-electron chi connectivity index (χ2n) is 7.98. The smallest absolute Gasteiger partial charge is 0.320 e. The number of likely N-dealkylation sites (tertiary alicyclic amines) is 1. The number of aromatic nitrogens is 1. The number of esters is 1. The maximum absolute atomic E-state index is 12.3. The Morgan fingerprint density at radius 1 is 1.31 bits per heavy atom. The molecule has 0 spiro atoms. The topological polar surface area (TPSA) is 111 Å². The Bertz CT molecular complexity index is 750. The van der Waals surface area contributed by atoms with Gasteiger partial charge in [-0.2, -0.15) is 4.98 Å². The first-order valence-electron chi connectivity index (χ1n) is 10.9. The molecule has 3 N–H and O–H groups in total. The van der Waals surface area contributed by atoms with Crippen LogP contribution in [0.5, 0.6) is 5.88 Å². The van der Waals surface area contributed by atoms with Crippen LogP contribution >= 0.6 is 11.6 Å². The number of nitrogens with zero attached hydrogens (tertiary/aromatic N) is 3. The fourth-order valence-corrected chi connectivity index (χ4v) is 4.18. The predicted molar refractivity (Wildman–Crippen MR) is 121 cm³/mol. The summed E-state index contributed by atoms with van der Waals surface area (Å²) in [4.78, 5) is 20.8. The van der Waals surface area contributed by atoms with Crippen molar-refractivity contribution in [3.05, 3.63) is 16.7 Å². The minimum atomic E-state index is -0.202. The van der Waals surface area contributed by atoms with Gasteiger partial charge in [-0.25, -0.2) is 0 Å². The largest absolute Gasteiger partial charge is 0.481 e. The summed E-state index contributed by atoms with van der Waals surface area (Å²) < 4.78 is 21.8. The van der Waals surface area contributed by atoms with Crippen molar-refractivity contribution in [2.75, 3.05) is 79.0 Å². The molecule has 0 bridgehead atoms. The van der Waals surface area contributed by atoms with Crippen molar-refractivity contribution < 1.29 is 23.7 Å². The van der Waals surface area contributed by atoms with E-state index in [2.05, 4.69) is 20.1 Å². The average Bonchev–Trinajstić information content (AvgIpc) is 2.80. The van der Waals surface area contributed by atoms with Crippen LogP contribution in [0.3, 0.4) is 0 Å². The van der Waals surface area contributed by atoms with Crippen LogP contribution < -0.4 is 15.8 Å². The van der Waals surface area contributed by atoms with Crippen LogP contribution in [0.4, 0.5) is 5.82 Å². The second kappa shape index (κ2) is 12.5. The number of rotatable bonds is 10. The summed E-state index contributed by atoms with van der Waals surface area (Å²) in [6, 6.07) is 1.88. The maximum Gasteiger partial charge on any atom is 0.320 e. The van der Waals surface area contributed by atoms with Crippen molar-refractivity contribution in [1.29, 1.82) is 0 Å². The number of nitrogens with one attached hydrogen (secondary N) is 1. The molecule has 2 fully saturated rings. The number of nitrogens with two attached hydrogens (primary N) is 1. The van der Waals surface area contributed by atoms with E-state index in [4.69, 9.17) is 36.3 Å². The third kappa shape index (κ3) is 7.16. The normalized spacial score (nSPS) is 22.6. The van der Waals surface area contributed by atoms with Crippen molar-refractivity contribution in [2.45, 2.75) is 25.1 Å². The van der Waals surface area contributed by atoms with Crippen LogP contribution in [0.1, 0.15) is 12.0 Å². The average molecular weight is 472 g/mol. The number of morpholine rings is 1. The van der Waals surface area contributed by atoms with Gasteiger partial charge in [0.1, 0.15) is 12.4 Å². The fraction of sp³-hybridized carbons (Fsp3) is 0.714. The van der Waals surface area contributed by atoms with Gasteiger partial charge in [0.2, 0.25) is 5.88 Å². The molecule has 32 heavy (non-hydrogen) atoms. The Morgan fingerprint density at radius 3 is 2.81 bits per heavy atom. The molecule has 0 saturated carbocycles. The van der Waals surface area contributed by atoms with Crippen molar-refractivity contribution >= 4 is 23.4 Å². The van der Waals surface area contributed by atoms with E-state index in [9.17, 15) is 4.79 Å². The van der Waals surface area contributed by atoms with E-state index in [1.165, 1.54) is 0 Å². The number of carbonyl (C=O) groups excluding carboxylic acids is 1. The summed E-state index contributed by atoms with van der Waals surface area (Å²) in [6.45, 7) is 6.61. The zero-order chi connectivity index (χ0) is 22.9. The molecule has 2 saturated heterocycles. The third-order valence-corrected chi connectivity index (χ3v) is 6.17. The number of pyridine rings is 1. The van der Waals surface area contributed by atoms with E-state index in [1.54, 1.807) is 20.3 Å². The van der Waals surface area contributed by atoms with Gasteiger partial charge in [-0.3, -0.25) is 14.6 Å². The number of hydrogen-bond acceptors (Lipinski definition) is 10. The Labute approximate surface area is 194 Å². The lowest BCUT2D eigenvalue weighted by molar-refractivity contribution is -0.146. The van der Waals surface area contributed by atoms with Gasteiger partial charge >= 0.3 is 5.97 Å². The summed E-state index contributed by atoms with van der Waals surface area (Å²) in [6.07, 6.45) is 0.769. The van der Waals surface area contributed by atoms with Gasteiger partial charge in [-0.15, -0.1) is 0 Å². The van der Waals surface area contributed by atoms with Crippen LogP contribution in [0.25, 0.3) is 0 Å². The molecule has 2 atom stereocenters. The van der Waals surface area contributed by atoms with Gasteiger partial charge in [0.25, 0.3) is 0 Å². The number of carbonyl (C=O) groups is 1. The first-order valence-corrected chi connectivity index (χ1v) is 11.3. The zero-order valence-electron chi connectivity index (χ0n) is 18.8. The molecule has 3 heterocycles. The fourth-order valence-electron chi connectivity index (χ4n) is 4.01. The van der Waals surface area contributed by atoms with Gasteiger partial charge in [0.05, 0.1) is 38.0 Å². The molecule has 2 aliphatic rings. The van der Waals surface area contributed by atoms with Gasteiger partial charge < -0.3 is 30.0 Å². The van der Waals surface area contributed by atoms with Crippen LogP contribution in [0, 0.1) is 0 Å². The first kappa shape index (κ1) is 24.9. The van der Waals surface area contributed by atoms with Crippen LogP contribution in [-0.4, -0.2) is 106 Å². The number of anilines is 1. The minimum absolute atomic E-state index is 0.0619. The molecule has 1 aromatic heterocycles. The number of piperidine rings is 1. The summed E-state index contributed by atoms with van der Waals surface area (Å²) in [5, 5.41) is 3.90. The van der Waals surface area contributed by atoms with Crippen LogP contribution in [-0.2, 0) is 25.5 Å². The highest BCUT2D eigenvalue weighted by Crippen LogP contribution is 2.25. The maximum atomic E-state index is 12.3. The molecule has 0 unspecified atom stereocenters. The van der Waals surface area contributed by atoms with Gasteiger partial charge in [0, 0.05) is 58.0 Å². The van der Waals surface area contributed by atoms with Crippen molar-refractivity contribution in [1.82, 2.24) is 20.1 Å². The number of hydrogen-bond donors (Lipinski definition) is 2. The minimum Gasteiger partial charge on any atom is -0.481 e. The molecule has 180 valence electrons. The lowest BCUT2D eigenvalue weighted by Crippen LogP contribution is -2.54. The monoisotopic (exact) mass is 471 g/mol. The molecule has 0 amide bonds. The van der Waals surface area contributed by atoms with E-state index in [0.29, 0.717) is 30.6 Å². The van der Waals surface area contributed by atoms with E-state index < -0.39 is 0 Å². The SMILES string of the molecule is COc1nc(N)c(Cl)cc1CN[C@H]1CCN(CC(=O)OCCN2CCOCC2)C[C@H]1OC. The molecule has 3 rings (SSSR count). The highest BCUT2D eigenvalue weighted by molar-refractivity contribution is 6.32. The Kier molecular flexibility index (Phi) is 9.76. The lowest BCUT2D eigenvalue weighted by Gasteiger charge is -2.37. The standard InChI is InChI=1S/C21H34ClN5O5/c1-29-18-13-27(14-19(28)32-10-7-26-5-8-31-9-6-26)4-3-17(18)24-12-15-11-16(22)20(23)25-21(15)30-2/h11,17-18,24H,3-10,12-14H2,1-2H3,(H2,23,25)/t17-,18+/m0/s1. The molecule has 11 heteroatoms. The van der Waals surface area contributed by atoms with Crippen LogP contribution in [0.2, 0.25) is 5.02 Å². The molecule has 1 aromatic rings. The van der Waals surface area contributed by atoms with E-state index in [0.717, 1.165) is 51.4 Å². The molecule has 2 aliphatic heterocycles. The Balaban J connectivity index is 1.42. The molecule has 0 aliphatic carbocycles. The Morgan fingerprint density at radius 2 is 2.09 bits per heavy atom. The molecule has 0 radical (unpaired) electrons. The molecule has 0 aromatic carbocycles. The third-order valence-electron chi connectivity index (χ3n) is 5.86. The highest BCUT2D eigenvalue weighted by atomic mass is 35.5. The number of ether oxygens (including phenoxy) is 4. The van der Waals surface area contributed by atoms with Crippen molar-refractivity contribution in [3.8, 4) is 5.88 Å². The number of halogens is 1. The van der Waals surface area contributed by atoms with Crippen LogP contribution in [0.15, 0.2) is 6.07 Å². The van der Waals surface area contributed by atoms with Gasteiger partial charge in [0.15, 0.2) is 0 Å². The quantitative estimate of drug-likeness (QED) is 0.464. The van der Waals surface area contributed by atoms with Gasteiger partial charge in [-0.1, -0.05) is 11.6 Å². The van der Waals surface area contributed by atoms with E-state index in [-0.39, 0.29) is 30.5 Å². The van der Waals surface area contributed by atoms with Gasteiger partial charge in [-0.05, 0) is 12.5 Å². The predicted octanol–water partition coefficient (Wildman–Crippen LogP) is 0.380. The summed E-state index contributed by atoms with van der Waals surface area (Å²) in [5.74, 6) is 0.490.